The second-order valence-electron chi connectivity index (χ2n) is 2.97. The molecule has 0 radical (unpaired) electrons. The zero-order valence-electron chi connectivity index (χ0n) is 8.51. The molecular weight excluding hydrogens is 230 g/mol. The van der Waals surface area contributed by atoms with Gasteiger partial charge in [-0.15, -0.1) is 11.8 Å². The van der Waals surface area contributed by atoms with Gasteiger partial charge in [-0.2, -0.15) is 5.24 Å². The van der Waals surface area contributed by atoms with E-state index in [9.17, 15) is 0 Å². The van der Waals surface area contributed by atoms with Crippen molar-refractivity contribution in [2.75, 3.05) is 12.3 Å². The van der Waals surface area contributed by atoms with E-state index >= 15 is 0 Å². The third-order valence-electron chi connectivity index (χ3n) is 1.70. The summed E-state index contributed by atoms with van der Waals surface area (Å²) in [6.07, 6.45) is 7.25. The summed E-state index contributed by atoms with van der Waals surface area (Å²) in [5.74, 6) is 0. The Kier molecular flexibility index (Phi) is 14.4. The first-order valence-electron chi connectivity index (χ1n) is 4.41. The van der Waals surface area contributed by atoms with E-state index in [0.29, 0.717) is 0 Å². The summed E-state index contributed by atoms with van der Waals surface area (Å²) in [6.45, 7) is 4.40. The molecule has 0 unspecified atom stereocenters. The van der Waals surface area contributed by atoms with E-state index in [0.717, 1.165) is 12.3 Å². The molecule has 0 aliphatic carbocycles. The Labute approximate surface area is 130 Å². The standard InChI is InChI=1S/C8H19PS2.K/c1-3-5-7-9(10,11)8-6-4-2;/h3-8H2,1-2H3,(H,10,11);/q;+1/p-1. The Morgan fingerprint density at radius 1 is 1.08 bits per heavy atom. The maximum atomic E-state index is 5.40. The van der Waals surface area contributed by atoms with Crippen LogP contribution in [0.25, 0.3) is 0 Å². The van der Waals surface area contributed by atoms with Crippen molar-refractivity contribution in [1.82, 2.24) is 0 Å². The molecule has 0 aromatic heterocycles. The van der Waals surface area contributed by atoms with Gasteiger partial charge in [0, 0.05) is 0 Å². The quantitative estimate of drug-likeness (QED) is 0.382. The molecule has 0 rings (SSSR count). The van der Waals surface area contributed by atoms with E-state index in [4.69, 9.17) is 24.1 Å². The van der Waals surface area contributed by atoms with Crippen LogP contribution in [0.2, 0.25) is 0 Å². The van der Waals surface area contributed by atoms with Crippen LogP contribution in [0.5, 0.6) is 0 Å². The summed E-state index contributed by atoms with van der Waals surface area (Å²) in [7, 11) is 0. The molecule has 0 saturated heterocycles. The van der Waals surface area contributed by atoms with Gasteiger partial charge >= 0.3 is 51.4 Å². The largest absolute Gasteiger partial charge is 1.00 e. The van der Waals surface area contributed by atoms with Gasteiger partial charge in [-0.05, 0) is 12.3 Å². The normalized spacial score (nSPS) is 10.9. The molecule has 0 saturated carbocycles. The molecule has 0 aromatic carbocycles. The number of hydrogen-bond acceptors (Lipinski definition) is 2. The molecule has 12 heavy (non-hydrogen) atoms. The minimum atomic E-state index is -1.31. The van der Waals surface area contributed by atoms with Crippen molar-refractivity contribution in [3.05, 3.63) is 0 Å². The van der Waals surface area contributed by atoms with Gasteiger partial charge in [0.05, 0.1) is 0 Å². The molecule has 0 fully saturated rings. The molecular formula is C8H18KPS2. The molecule has 68 valence electrons. The van der Waals surface area contributed by atoms with Gasteiger partial charge in [0.25, 0.3) is 0 Å². The van der Waals surface area contributed by atoms with Crippen LogP contribution in [-0.2, 0) is 24.1 Å². The fourth-order valence-electron chi connectivity index (χ4n) is 0.910. The number of hydrogen-bond donors (Lipinski definition) is 0. The van der Waals surface area contributed by atoms with Crippen molar-refractivity contribution >= 4 is 29.3 Å². The van der Waals surface area contributed by atoms with Crippen LogP contribution in [0.3, 0.4) is 0 Å². The minimum Gasteiger partial charge on any atom is -0.746 e. The Hall–Kier alpha value is 2.64. The Morgan fingerprint density at radius 2 is 1.42 bits per heavy atom. The molecule has 0 aromatic rings. The molecule has 0 atom stereocenters. The summed E-state index contributed by atoms with van der Waals surface area (Å²) in [5.41, 5.74) is 0. The molecule has 0 aliphatic heterocycles. The molecule has 0 amide bonds. The van der Waals surface area contributed by atoms with E-state index < -0.39 is 5.24 Å². The maximum Gasteiger partial charge on any atom is 1.00 e. The van der Waals surface area contributed by atoms with Crippen LogP contribution < -0.4 is 51.4 Å². The fraction of sp³-hybridized carbons (Fsp3) is 1.00. The molecule has 0 bridgehead atoms. The third-order valence-corrected chi connectivity index (χ3v) is 5.89. The summed E-state index contributed by atoms with van der Waals surface area (Å²) >= 11 is 10.8. The molecule has 0 spiro atoms. The van der Waals surface area contributed by atoms with Crippen LogP contribution in [0, 0.1) is 0 Å². The molecule has 0 N–H and O–H groups in total. The van der Waals surface area contributed by atoms with Crippen molar-refractivity contribution in [2.24, 2.45) is 0 Å². The second-order valence-corrected chi connectivity index (χ2v) is 10.4. The van der Waals surface area contributed by atoms with Crippen LogP contribution in [0.1, 0.15) is 39.5 Å². The summed E-state index contributed by atoms with van der Waals surface area (Å²) in [5, 5.41) is -1.31. The zero-order valence-corrected chi connectivity index (χ0v) is 14.2. The zero-order chi connectivity index (χ0) is 8.74. The van der Waals surface area contributed by atoms with Crippen molar-refractivity contribution in [3.8, 4) is 0 Å². The van der Waals surface area contributed by atoms with Crippen LogP contribution >= 0.6 is 5.24 Å². The first-order chi connectivity index (χ1) is 5.12. The fourth-order valence-corrected chi connectivity index (χ4v) is 4.28. The van der Waals surface area contributed by atoms with E-state index in [-0.39, 0.29) is 51.4 Å². The maximum absolute atomic E-state index is 5.40. The molecule has 0 heterocycles. The number of unbranched alkanes of at least 4 members (excludes halogenated alkanes) is 2. The van der Waals surface area contributed by atoms with Crippen molar-refractivity contribution in [3.63, 3.8) is 0 Å². The summed E-state index contributed by atoms with van der Waals surface area (Å²) < 4.78 is 0. The third kappa shape index (κ3) is 10.7. The Morgan fingerprint density at radius 3 is 1.67 bits per heavy atom. The van der Waals surface area contributed by atoms with Gasteiger partial charge < -0.3 is 12.2 Å². The molecule has 4 heteroatoms. The number of rotatable bonds is 6. The van der Waals surface area contributed by atoms with Crippen molar-refractivity contribution < 1.29 is 51.4 Å². The minimum absolute atomic E-state index is 0. The van der Waals surface area contributed by atoms with Crippen LogP contribution in [0.4, 0.5) is 0 Å². The smallest absolute Gasteiger partial charge is 0.746 e. The summed E-state index contributed by atoms with van der Waals surface area (Å²) in [6, 6.07) is 0. The van der Waals surface area contributed by atoms with Gasteiger partial charge in [0.2, 0.25) is 0 Å². The van der Waals surface area contributed by atoms with Gasteiger partial charge in [0.1, 0.15) is 0 Å². The Bertz CT molecular complexity index is 127. The average molecular weight is 248 g/mol. The SMILES string of the molecule is CCCCP(=S)([S-])CCCC.[K+]. The van der Waals surface area contributed by atoms with E-state index in [1.165, 1.54) is 25.7 Å². The first-order valence-corrected chi connectivity index (χ1v) is 8.60. The van der Waals surface area contributed by atoms with Gasteiger partial charge in [-0.1, -0.05) is 39.5 Å². The van der Waals surface area contributed by atoms with E-state index in [1.807, 2.05) is 0 Å². The Balaban J connectivity index is 0. The summed E-state index contributed by atoms with van der Waals surface area (Å²) in [4.78, 5) is 0. The molecule has 0 aliphatic rings. The second kappa shape index (κ2) is 10.2. The average Bonchev–Trinajstić information content (AvgIpc) is 1.97. The van der Waals surface area contributed by atoms with Gasteiger partial charge in [-0.3, -0.25) is 0 Å². The predicted molar refractivity (Wildman–Crippen MR) is 61.2 cm³/mol. The monoisotopic (exact) mass is 248 g/mol. The van der Waals surface area contributed by atoms with Crippen molar-refractivity contribution in [1.29, 1.82) is 0 Å². The van der Waals surface area contributed by atoms with Crippen LogP contribution in [-0.4, -0.2) is 12.3 Å². The molecule has 0 nitrogen and oxygen atoms in total. The predicted octanol–water partition coefficient (Wildman–Crippen LogP) is 0.532. The van der Waals surface area contributed by atoms with E-state index in [2.05, 4.69) is 13.8 Å². The topological polar surface area (TPSA) is 0 Å². The van der Waals surface area contributed by atoms with Crippen LogP contribution in [0.15, 0.2) is 0 Å². The first kappa shape index (κ1) is 17.0. The van der Waals surface area contributed by atoms with Gasteiger partial charge in [0.15, 0.2) is 0 Å². The van der Waals surface area contributed by atoms with E-state index in [1.54, 1.807) is 0 Å². The van der Waals surface area contributed by atoms with Crippen molar-refractivity contribution in [2.45, 2.75) is 39.5 Å². The van der Waals surface area contributed by atoms with Gasteiger partial charge in [-0.25, -0.2) is 0 Å².